The molecule has 2 heterocycles. The summed E-state index contributed by atoms with van der Waals surface area (Å²) in [6.07, 6.45) is 2.33. The quantitative estimate of drug-likeness (QED) is 0.842. The summed E-state index contributed by atoms with van der Waals surface area (Å²) in [5, 5.41) is 4.12. The first-order valence-electron chi connectivity index (χ1n) is 8.01. The van der Waals surface area contributed by atoms with Crippen molar-refractivity contribution in [2.24, 2.45) is 0 Å². The topological polar surface area (TPSA) is 47.7 Å². The van der Waals surface area contributed by atoms with E-state index >= 15 is 0 Å². The molecule has 0 saturated carbocycles. The molecule has 1 atom stereocenters. The van der Waals surface area contributed by atoms with Crippen molar-refractivity contribution in [3.8, 4) is 11.5 Å². The number of hydrogen-bond acceptors (Lipinski definition) is 5. The Labute approximate surface area is 137 Å². The van der Waals surface area contributed by atoms with E-state index in [0.29, 0.717) is 6.04 Å². The molecule has 1 fully saturated rings. The van der Waals surface area contributed by atoms with E-state index in [2.05, 4.69) is 22.2 Å². The van der Waals surface area contributed by atoms with Crippen molar-refractivity contribution in [2.75, 3.05) is 20.8 Å². The van der Waals surface area contributed by atoms with Crippen molar-refractivity contribution < 1.29 is 14.0 Å². The van der Waals surface area contributed by atoms with E-state index < -0.39 is 0 Å². The Hall–Kier alpha value is -2.01. The maximum Gasteiger partial charge on any atom is 0.138 e. The summed E-state index contributed by atoms with van der Waals surface area (Å²) in [7, 11) is 3.36. The molecule has 1 unspecified atom stereocenters. The monoisotopic (exact) mass is 316 g/mol. The van der Waals surface area contributed by atoms with Crippen molar-refractivity contribution in [2.45, 2.75) is 39.3 Å². The molecular formula is C18H24N2O3. The summed E-state index contributed by atoms with van der Waals surface area (Å²) in [6.45, 7) is 5.97. The Morgan fingerprint density at radius 1 is 1.17 bits per heavy atom. The Morgan fingerprint density at radius 3 is 2.43 bits per heavy atom. The van der Waals surface area contributed by atoms with Crippen LogP contribution in [-0.2, 0) is 6.54 Å². The van der Waals surface area contributed by atoms with Crippen LogP contribution >= 0.6 is 0 Å². The van der Waals surface area contributed by atoms with Gasteiger partial charge in [-0.1, -0.05) is 5.16 Å². The molecular weight excluding hydrogens is 292 g/mol. The summed E-state index contributed by atoms with van der Waals surface area (Å²) >= 11 is 0. The van der Waals surface area contributed by atoms with Crippen LogP contribution in [0.2, 0.25) is 0 Å². The van der Waals surface area contributed by atoms with Crippen LogP contribution in [0, 0.1) is 13.8 Å². The van der Waals surface area contributed by atoms with E-state index in [9.17, 15) is 0 Å². The molecule has 1 saturated heterocycles. The van der Waals surface area contributed by atoms with E-state index in [-0.39, 0.29) is 0 Å². The van der Waals surface area contributed by atoms with E-state index in [0.717, 1.165) is 42.5 Å². The molecule has 23 heavy (non-hydrogen) atoms. The highest BCUT2D eigenvalue weighted by Gasteiger charge is 2.30. The van der Waals surface area contributed by atoms with Gasteiger partial charge in [-0.15, -0.1) is 0 Å². The van der Waals surface area contributed by atoms with Gasteiger partial charge in [0, 0.05) is 24.2 Å². The predicted octanol–water partition coefficient (Wildman–Crippen LogP) is 3.65. The molecule has 0 radical (unpaired) electrons. The van der Waals surface area contributed by atoms with Crippen LogP contribution in [0.1, 0.15) is 41.5 Å². The molecule has 1 aromatic carbocycles. The molecule has 0 N–H and O–H groups in total. The number of nitrogens with zero attached hydrogens (tertiary/aromatic N) is 2. The fourth-order valence-corrected chi connectivity index (χ4v) is 3.50. The molecule has 0 amide bonds. The molecule has 0 spiro atoms. The van der Waals surface area contributed by atoms with Gasteiger partial charge in [-0.2, -0.15) is 0 Å². The van der Waals surface area contributed by atoms with Crippen LogP contribution in [0.15, 0.2) is 22.7 Å². The number of aryl methyl sites for hydroxylation is 2. The van der Waals surface area contributed by atoms with Crippen LogP contribution in [0.3, 0.4) is 0 Å². The predicted molar refractivity (Wildman–Crippen MR) is 87.9 cm³/mol. The minimum atomic E-state index is 0.374. The second-order valence-corrected chi connectivity index (χ2v) is 6.09. The lowest BCUT2D eigenvalue weighted by Gasteiger charge is -2.25. The molecule has 124 valence electrons. The fraction of sp³-hybridized carbons (Fsp3) is 0.500. The minimum Gasteiger partial charge on any atom is -0.497 e. The van der Waals surface area contributed by atoms with E-state index in [1.165, 1.54) is 17.5 Å². The number of aromatic nitrogens is 1. The Balaban J connectivity index is 1.84. The molecule has 0 aliphatic carbocycles. The zero-order valence-electron chi connectivity index (χ0n) is 14.3. The highest BCUT2D eigenvalue weighted by atomic mass is 16.5. The summed E-state index contributed by atoms with van der Waals surface area (Å²) in [5.74, 6) is 2.59. The lowest BCUT2D eigenvalue weighted by atomic mass is 10.0. The molecule has 5 heteroatoms. The first-order chi connectivity index (χ1) is 11.1. The van der Waals surface area contributed by atoms with Gasteiger partial charge >= 0.3 is 0 Å². The second-order valence-electron chi connectivity index (χ2n) is 6.09. The summed E-state index contributed by atoms with van der Waals surface area (Å²) in [5.41, 5.74) is 3.44. The minimum absolute atomic E-state index is 0.374. The number of hydrogen-bond donors (Lipinski definition) is 0. The van der Waals surface area contributed by atoms with Crippen molar-refractivity contribution in [1.82, 2.24) is 10.1 Å². The molecule has 1 aliphatic rings. The molecule has 5 nitrogen and oxygen atoms in total. The number of rotatable bonds is 5. The average Bonchev–Trinajstić information content (AvgIpc) is 3.13. The first-order valence-corrected chi connectivity index (χ1v) is 8.01. The number of ether oxygens (including phenoxy) is 2. The van der Waals surface area contributed by atoms with Crippen molar-refractivity contribution in [3.05, 3.63) is 40.8 Å². The van der Waals surface area contributed by atoms with E-state index in [4.69, 9.17) is 14.0 Å². The summed E-state index contributed by atoms with van der Waals surface area (Å²) in [4.78, 5) is 2.49. The largest absolute Gasteiger partial charge is 0.497 e. The number of benzene rings is 1. The van der Waals surface area contributed by atoms with Gasteiger partial charge < -0.3 is 14.0 Å². The Bertz CT molecular complexity index is 639. The van der Waals surface area contributed by atoms with Gasteiger partial charge in [-0.25, -0.2) is 0 Å². The van der Waals surface area contributed by atoms with E-state index in [1.54, 1.807) is 14.2 Å². The maximum absolute atomic E-state index is 5.38. The zero-order valence-corrected chi connectivity index (χ0v) is 14.3. The SMILES string of the molecule is COc1cc(CN2CCCC2c2c(C)noc2C)cc(OC)c1. The zero-order chi connectivity index (χ0) is 16.4. The third kappa shape index (κ3) is 3.20. The lowest BCUT2D eigenvalue weighted by molar-refractivity contribution is 0.245. The normalized spacial score (nSPS) is 18.3. The van der Waals surface area contributed by atoms with Gasteiger partial charge in [0.2, 0.25) is 0 Å². The highest BCUT2D eigenvalue weighted by molar-refractivity contribution is 5.38. The molecule has 0 bridgehead atoms. The summed E-state index contributed by atoms with van der Waals surface area (Å²) < 4.78 is 16.1. The second kappa shape index (κ2) is 6.62. The first kappa shape index (κ1) is 15.9. The smallest absolute Gasteiger partial charge is 0.138 e. The molecule has 1 aromatic heterocycles. The Morgan fingerprint density at radius 2 is 1.87 bits per heavy atom. The Kier molecular flexibility index (Phi) is 4.57. The highest BCUT2D eigenvalue weighted by Crippen LogP contribution is 2.37. The van der Waals surface area contributed by atoms with Crippen LogP contribution in [-0.4, -0.2) is 30.8 Å². The van der Waals surface area contributed by atoms with Gasteiger partial charge in [0.1, 0.15) is 17.3 Å². The van der Waals surface area contributed by atoms with Gasteiger partial charge in [0.25, 0.3) is 0 Å². The van der Waals surface area contributed by atoms with Gasteiger partial charge in [0.05, 0.1) is 19.9 Å². The standard InChI is InChI=1S/C18H24N2O3/c1-12-18(13(2)23-19-12)17-6-5-7-20(17)11-14-8-15(21-3)10-16(9-14)22-4/h8-10,17H,5-7,11H2,1-4H3. The number of methoxy groups -OCH3 is 2. The van der Waals surface area contributed by atoms with Crippen molar-refractivity contribution in [3.63, 3.8) is 0 Å². The van der Waals surface area contributed by atoms with Crippen LogP contribution in [0.5, 0.6) is 11.5 Å². The van der Waals surface area contributed by atoms with Gasteiger partial charge in [-0.3, -0.25) is 4.90 Å². The third-order valence-electron chi connectivity index (χ3n) is 4.58. The van der Waals surface area contributed by atoms with Crippen LogP contribution in [0.25, 0.3) is 0 Å². The van der Waals surface area contributed by atoms with Crippen molar-refractivity contribution in [1.29, 1.82) is 0 Å². The van der Waals surface area contributed by atoms with Crippen LogP contribution < -0.4 is 9.47 Å². The lowest BCUT2D eigenvalue weighted by Crippen LogP contribution is -2.23. The molecule has 3 rings (SSSR count). The fourth-order valence-electron chi connectivity index (χ4n) is 3.50. The summed E-state index contributed by atoms with van der Waals surface area (Å²) in [6, 6.07) is 6.42. The van der Waals surface area contributed by atoms with Gasteiger partial charge in [-0.05, 0) is 50.9 Å². The average molecular weight is 316 g/mol. The van der Waals surface area contributed by atoms with E-state index in [1.807, 2.05) is 19.9 Å². The van der Waals surface area contributed by atoms with Crippen LogP contribution in [0.4, 0.5) is 0 Å². The van der Waals surface area contributed by atoms with Crippen molar-refractivity contribution >= 4 is 0 Å². The third-order valence-corrected chi connectivity index (χ3v) is 4.58. The maximum atomic E-state index is 5.38. The number of likely N-dealkylation sites (tertiary alicyclic amines) is 1. The molecule has 2 aromatic rings. The molecule has 1 aliphatic heterocycles. The van der Waals surface area contributed by atoms with Gasteiger partial charge in [0.15, 0.2) is 0 Å².